The van der Waals surface area contributed by atoms with Gasteiger partial charge >= 0.3 is 6.18 Å². The molecule has 4 nitrogen and oxygen atoms in total. The van der Waals surface area contributed by atoms with E-state index >= 15 is 0 Å². The van der Waals surface area contributed by atoms with Gasteiger partial charge in [0.2, 0.25) is 5.91 Å². The van der Waals surface area contributed by atoms with Gasteiger partial charge in [0.1, 0.15) is 13.2 Å². The minimum atomic E-state index is -4.42. The van der Waals surface area contributed by atoms with E-state index in [9.17, 15) is 18.0 Å². The SMILES string of the molecule is O=C(NCCc1cc(Cl)c2c(c1)OCCO2)C1CC1c1ccccc1C(F)(F)F. The van der Waals surface area contributed by atoms with Gasteiger partial charge in [-0.2, -0.15) is 13.2 Å². The molecule has 1 fully saturated rings. The van der Waals surface area contributed by atoms with E-state index in [0.29, 0.717) is 49.1 Å². The first kappa shape index (κ1) is 19.9. The van der Waals surface area contributed by atoms with E-state index in [-0.39, 0.29) is 11.5 Å². The Bertz CT molecular complexity index is 932. The van der Waals surface area contributed by atoms with Gasteiger partial charge in [-0.1, -0.05) is 29.8 Å². The highest BCUT2D eigenvalue weighted by molar-refractivity contribution is 6.32. The summed E-state index contributed by atoms with van der Waals surface area (Å²) in [5.74, 6) is 0.0560. The Morgan fingerprint density at radius 3 is 2.72 bits per heavy atom. The number of halogens is 4. The third kappa shape index (κ3) is 4.29. The molecule has 2 aliphatic rings. The molecule has 0 bridgehead atoms. The minimum absolute atomic E-state index is 0.193. The molecule has 0 radical (unpaired) electrons. The van der Waals surface area contributed by atoms with Gasteiger partial charge in [0.15, 0.2) is 11.5 Å². The lowest BCUT2D eigenvalue weighted by Crippen LogP contribution is -2.27. The van der Waals surface area contributed by atoms with E-state index in [4.69, 9.17) is 21.1 Å². The summed E-state index contributed by atoms with van der Waals surface area (Å²) in [7, 11) is 0. The highest BCUT2D eigenvalue weighted by Gasteiger charge is 2.47. The Morgan fingerprint density at radius 1 is 1.17 bits per heavy atom. The molecular formula is C21H19ClF3NO3. The summed E-state index contributed by atoms with van der Waals surface area (Å²) < 4.78 is 50.5. The molecule has 1 amide bonds. The molecule has 8 heteroatoms. The topological polar surface area (TPSA) is 47.6 Å². The van der Waals surface area contributed by atoms with Crippen molar-refractivity contribution >= 4 is 17.5 Å². The Balaban J connectivity index is 1.34. The number of hydrogen-bond acceptors (Lipinski definition) is 3. The Labute approximate surface area is 170 Å². The van der Waals surface area contributed by atoms with Crippen molar-refractivity contribution in [1.29, 1.82) is 0 Å². The Kier molecular flexibility index (Phi) is 5.34. The van der Waals surface area contributed by atoms with Gasteiger partial charge in [-0.3, -0.25) is 4.79 Å². The van der Waals surface area contributed by atoms with E-state index in [1.807, 2.05) is 6.07 Å². The molecule has 4 rings (SSSR count). The molecule has 1 aliphatic carbocycles. The third-order valence-electron chi connectivity index (χ3n) is 5.16. The largest absolute Gasteiger partial charge is 0.486 e. The highest BCUT2D eigenvalue weighted by atomic mass is 35.5. The van der Waals surface area contributed by atoms with E-state index < -0.39 is 23.6 Å². The predicted molar refractivity (Wildman–Crippen MR) is 101 cm³/mol. The van der Waals surface area contributed by atoms with Crippen molar-refractivity contribution in [2.24, 2.45) is 5.92 Å². The molecule has 29 heavy (non-hydrogen) atoms. The molecule has 154 valence electrons. The van der Waals surface area contributed by atoms with E-state index in [1.165, 1.54) is 12.1 Å². The maximum Gasteiger partial charge on any atom is 0.416 e. The fraction of sp³-hybridized carbons (Fsp3) is 0.381. The van der Waals surface area contributed by atoms with Crippen LogP contribution in [-0.4, -0.2) is 25.7 Å². The maximum atomic E-state index is 13.2. The summed E-state index contributed by atoms with van der Waals surface area (Å²) in [6.45, 7) is 1.26. The zero-order valence-corrected chi connectivity index (χ0v) is 16.1. The minimum Gasteiger partial charge on any atom is -0.486 e. The van der Waals surface area contributed by atoms with Crippen LogP contribution in [-0.2, 0) is 17.4 Å². The number of ether oxygens (including phenoxy) is 2. The second-order valence-corrected chi connectivity index (χ2v) is 7.58. The average Bonchev–Trinajstić information content (AvgIpc) is 3.48. The average molecular weight is 426 g/mol. The van der Waals surface area contributed by atoms with Crippen LogP contribution < -0.4 is 14.8 Å². The number of rotatable bonds is 5. The lowest BCUT2D eigenvalue weighted by atomic mass is 10.0. The van der Waals surface area contributed by atoms with Crippen molar-refractivity contribution in [3.8, 4) is 11.5 Å². The van der Waals surface area contributed by atoms with E-state index in [0.717, 1.165) is 11.6 Å². The van der Waals surface area contributed by atoms with Crippen molar-refractivity contribution in [2.75, 3.05) is 19.8 Å². The molecule has 2 aromatic carbocycles. The summed E-state index contributed by atoms with van der Waals surface area (Å²) >= 11 is 6.20. The van der Waals surface area contributed by atoms with Gasteiger partial charge in [-0.15, -0.1) is 0 Å². The fourth-order valence-corrected chi connectivity index (χ4v) is 3.96. The summed E-state index contributed by atoms with van der Waals surface area (Å²) in [4.78, 5) is 12.4. The first-order chi connectivity index (χ1) is 13.8. The number of fused-ring (bicyclic) bond motifs is 1. The molecule has 0 saturated heterocycles. The van der Waals surface area contributed by atoms with Crippen molar-refractivity contribution in [3.63, 3.8) is 0 Å². The van der Waals surface area contributed by atoms with Crippen LogP contribution in [0.1, 0.15) is 29.0 Å². The predicted octanol–water partition coefficient (Wildman–Crippen LogP) is 4.59. The first-order valence-corrected chi connectivity index (χ1v) is 9.74. The zero-order chi connectivity index (χ0) is 20.6. The lowest BCUT2D eigenvalue weighted by Gasteiger charge is -2.20. The monoisotopic (exact) mass is 425 g/mol. The highest BCUT2D eigenvalue weighted by Crippen LogP contribution is 2.51. The van der Waals surface area contributed by atoms with Crippen LogP contribution in [0, 0.1) is 5.92 Å². The smallest absolute Gasteiger partial charge is 0.416 e. The van der Waals surface area contributed by atoms with Gasteiger partial charge in [0, 0.05) is 12.5 Å². The number of alkyl halides is 3. The molecule has 1 heterocycles. The molecule has 0 aromatic heterocycles. The number of amides is 1. The van der Waals surface area contributed by atoms with Gasteiger partial charge < -0.3 is 14.8 Å². The van der Waals surface area contributed by atoms with Gasteiger partial charge in [0.05, 0.1) is 10.6 Å². The molecule has 0 spiro atoms. The number of benzene rings is 2. The number of hydrogen-bond donors (Lipinski definition) is 1. The van der Waals surface area contributed by atoms with Gasteiger partial charge in [0.25, 0.3) is 0 Å². The van der Waals surface area contributed by atoms with Crippen LogP contribution >= 0.6 is 11.6 Å². The van der Waals surface area contributed by atoms with Crippen LogP contribution in [0.3, 0.4) is 0 Å². The summed E-state index contributed by atoms with van der Waals surface area (Å²) in [6.07, 6.45) is -3.47. The van der Waals surface area contributed by atoms with Crippen molar-refractivity contribution in [3.05, 3.63) is 58.1 Å². The van der Waals surface area contributed by atoms with Crippen LogP contribution in [0.5, 0.6) is 11.5 Å². The van der Waals surface area contributed by atoms with Gasteiger partial charge in [-0.25, -0.2) is 0 Å². The Hall–Kier alpha value is -2.41. The molecule has 2 aromatic rings. The molecule has 2 unspecified atom stereocenters. The molecule has 1 saturated carbocycles. The van der Waals surface area contributed by atoms with Crippen molar-refractivity contribution < 1.29 is 27.4 Å². The Morgan fingerprint density at radius 2 is 1.93 bits per heavy atom. The quantitative estimate of drug-likeness (QED) is 0.762. The first-order valence-electron chi connectivity index (χ1n) is 9.36. The number of carbonyl (C=O) groups excluding carboxylic acids is 1. The normalized spacial score (nSPS) is 20.3. The van der Waals surface area contributed by atoms with E-state index in [2.05, 4.69) is 5.32 Å². The van der Waals surface area contributed by atoms with Crippen LogP contribution in [0.25, 0.3) is 0 Å². The van der Waals surface area contributed by atoms with E-state index in [1.54, 1.807) is 12.1 Å². The van der Waals surface area contributed by atoms with Gasteiger partial charge in [-0.05, 0) is 48.1 Å². The maximum absolute atomic E-state index is 13.2. The second-order valence-electron chi connectivity index (χ2n) is 7.18. The standard InChI is InChI=1S/C21H19ClF3NO3/c22-17-9-12(10-18-19(17)29-8-7-28-18)5-6-26-20(27)15-11-14(15)13-3-1-2-4-16(13)21(23,24)25/h1-4,9-10,14-15H,5-8,11H2,(H,26,27). The molecule has 1 aliphatic heterocycles. The van der Waals surface area contributed by atoms with Crippen molar-refractivity contribution in [2.45, 2.75) is 24.9 Å². The molecule has 2 atom stereocenters. The fourth-order valence-electron chi connectivity index (χ4n) is 3.68. The summed E-state index contributed by atoms with van der Waals surface area (Å²) in [5.41, 5.74) is 0.416. The molecular weight excluding hydrogens is 407 g/mol. The zero-order valence-electron chi connectivity index (χ0n) is 15.4. The lowest BCUT2D eigenvalue weighted by molar-refractivity contribution is -0.138. The van der Waals surface area contributed by atoms with Crippen molar-refractivity contribution in [1.82, 2.24) is 5.32 Å². The van der Waals surface area contributed by atoms with Crippen LogP contribution in [0.4, 0.5) is 13.2 Å². The number of carbonyl (C=O) groups is 1. The molecule has 1 N–H and O–H groups in total. The van der Waals surface area contributed by atoms with Crippen LogP contribution in [0.15, 0.2) is 36.4 Å². The summed E-state index contributed by atoms with van der Waals surface area (Å²) in [5, 5.41) is 3.27. The second kappa shape index (κ2) is 7.78. The number of nitrogens with one attached hydrogen (secondary N) is 1. The summed E-state index contributed by atoms with van der Waals surface area (Å²) in [6, 6.07) is 9.05. The van der Waals surface area contributed by atoms with Crippen LogP contribution in [0.2, 0.25) is 5.02 Å². The third-order valence-corrected chi connectivity index (χ3v) is 5.44.